The van der Waals surface area contributed by atoms with E-state index in [1.807, 2.05) is 0 Å². The summed E-state index contributed by atoms with van der Waals surface area (Å²) in [6, 6.07) is 1.67. The molecule has 0 N–H and O–H groups in total. The van der Waals surface area contributed by atoms with E-state index in [1.54, 1.807) is 0 Å². The van der Waals surface area contributed by atoms with E-state index < -0.39 is 28.9 Å². The normalized spacial score (nSPS) is 11.6. The van der Waals surface area contributed by atoms with Crippen LogP contribution in [0.1, 0.15) is 22.8 Å². The molecule has 0 saturated heterocycles. The zero-order chi connectivity index (χ0) is 11.8. The van der Waals surface area contributed by atoms with Crippen LogP contribution in [-0.2, 0) is 0 Å². The second-order valence-corrected chi connectivity index (χ2v) is 3.32. The van der Waals surface area contributed by atoms with Crippen molar-refractivity contribution < 1.29 is 22.4 Å². The molecule has 5 heteroatoms. The van der Waals surface area contributed by atoms with Crippen molar-refractivity contribution in [1.29, 1.82) is 0 Å². The number of benzene rings is 1. The van der Waals surface area contributed by atoms with Crippen LogP contribution >= 0.6 is 0 Å². The maximum Gasteiger partial charge on any atom is 0.307 e. The number of ketones is 1. The lowest BCUT2D eigenvalue weighted by atomic mass is 10.0. The first kappa shape index (κ1) is 11.7. The van der Waals surface area contributed by atoms with E-state index in [4.69, 9.17) is 0 Å². The summed E-state index contributed by atoms with van der Waals surface area (Å²) in [6.07, 6.45) is 0. The average molecular weight is 220 g/mol. The summed E-state index contributed by atoms with van der Waals surface area (Å²) in [5.41, 5.74) is -0.964. The van der Waals surface area contributed by atoms with Gasteiger partial charge in [-0.3, -0.25) is 4.79 Å². The maximum absolute atomic E-state index is 13.1. The molecule has 1 aromatic rings. The van der Waals surface area contributed by atoms with Crippen molar-refractivity contribution in [2.45, 2.75) is 19.8 Å². The van der Waals surface area contributed by atoms with Crippen molar-refractivity contribution in [2.24, 2.45) is 0 Å². The summed E-state index contributed by atoms with van der Waals surface area (Å²) in [7, 11) is 0. The van der Waals surface area contributed by atoms with Gasteiger partial charge in [-0.15, -0.1) is 0 Å². The van der Waals surface area contributed by atoms with Gasteiger partial charge in [0, 0.05) is 6.92 Å². The second kappa shape index (κ2) is 3.64. The number of Topliss-reactive ketones (excluding diaryl/α,β-unsaturated/α-hetero) is 1. The summed E-state index contributed by atoms with van der Waals surface area (Å²) in [4.78, 5) is 11.0. The maximum atomic E-state index is 13.1. The van der Waals surface area contributed by atoms with Crippen molar-refractivity contribution in [3.8, 4) is 0 Å². The SMILES string of the molecule is Cc1cc(F)c(C(=O)C(C)(F)F)c(F)c1. The fourth-order valence-electron chi connectivity index (χ4n) is 1.14. The van der Waals surface area contributed by atoms with Gasteiger partial charge >= 0.3 is 5.92 Å². The Hall–Kier alpha value is -1.39. The molecular formula is C10H8F4O. The lowest BCUT2D eigenvalue weighted by Gasteiger charge is -2.10. The minimum atomic E-state index is -3.78. The van der Waals surface area contributed by atoms with Gasteiger partial charge in [0.05, 0.1) is 5.56 Å². The molecule has 0 spiro atoms. The van der Waals surface area contributed by atoms with Crippen molar-refractivity contribution in [1.82, 2.24) is 0 Å². The zero-order valence-electron chi connectivity index (χ0n) is 8.07. The highest BCUT2D eigenvalue weighted by Gasteiger charge is 2.36. The molecule has 0 fully saturated rings. The number of aryl methyl sites for hydroxylation is 1. The Balaban J connectivity index is 3.33. The third-order valence-electron chi connectivity index (χ3n) is 1.81. The molecule has 0 aliphatic carbocycles. The Morgan fingerprint density at radius 3 is 1.93 bits per heavy atom. The Labute approximate surface area is 83.7 Å². The number of carbonyl (C=O) groups excluding carboxylic acids is 1. The van der Waals surface area contributed by atoms with Gasteiger partial charge in [0.25, 0.3) is 0 Å². The molecule has 0 saturated carbocycles. The number of carbonyl (C=O) groups is 1. The molecule has 0 amide bonds. The predicted molar refractivity (Wildman–Crippen MR) is 46.0 cm³/mol. The smallest absolute Gasteiger partial charge is 0.287 e. The van der Waals surface area contributed by atoms with Gasteiger partial charge < -0.3 is 0 Å². The largest absolute Gasteiger partial charge is 0.307 e. The molecule has 0 aromatic heterocycles. The number of hydrogen-bond donors (Lipinski definition) is 0. The summed E-state index contributed by atoms with van der Waals surface area (Å²) < 4.78 is 51.4. The lowest BCUT2D eigenvalue weighted by molar-refractivity contribution is 0.0213. The molecule has 0 heterocycles. The summed E-state index contributed by atoms with van der Waals surface area (Å²) in [6.45, 7) is 1.69. The van der Waals surface area contributed by atoms with Crippen LogP contribution in [0.3, 0.4) is 0 Å². The van der Waals surface area contributed by atoms with Crippen LogP contribution in [0, 0.1) is 18.6 Å². The predicted octanol–water partition coefficient (Wildman–Crippen LogP) is 3.11. The van der Waals surface area contributed by atoms with Crippen LogP contribution < -0.4 is 0 Å². The van der Waals surface area contributed by atoms with Crippen molar-refractivity contribution in [2.75, 3.05) is 0 Å². The Kier molecular flexibility index (Phi) is 2.83. The molecule has 0 unspecified atom stereocenters. The molecule has 1 nitrogen and oxygen atoms in total. The Bertz CT molecular complexity index is 383. The van der Waals surface area contributed by atoms with Crippen LogP contribution in [-0.4, -0.2) is 11.7 Å². The van der Waals surface area contributed by atoms with Crippen LogP contribution in [0.15, 0.2) is 12.1 Å². The van der Waals surface area contributed by atoms with E-state index in [-0.39, 0.29) is 5.56 Å². The van der Waals surface area contributed by atoms with Gasteiger partial charge in [0.1, 0.15) is 11.6 Å². The molecule has 1 rings (SSSR count). The highest BCUT2D eigenvalue weighted by molar-refractivity contribution is 6.01. The van der Waals surface area contributed by atoms with E-state index in [0.29, 0.717) is 6.92 Å². The number of rotatable bonds is 2. The first-order valence-electron chi connectivity index (χ1n) is 4.11. The van der Waals surface area contributed by atoms with Crippen LogP contribution in [0.4, 0.5) is 17.6 Å². The lowest BCUT2D eigenvalue weighted by Crippen LogP contribution is -2.26. The standard InChI is InChI=1S/C10H8F4O/c1-5-3-6(11)8(7(12)4-5)9(15)10(2,13)14/h3-4H,1-2H3. The third-order valence-corrected chi connectivity index (χ3v) is 1.81. The number of hydrogen-bond acceptors (Lipinski definition) is 1. The first-order chi connectivity index (χ1) is 6.73. The molecule has 0 bridgehead atoms. The highest BCUT2D eigenvalue weighted by atomic mass is 19.3. The van der Waals surface area contributed by atoms with E-state index in [2.05, 4.69) is 0 Å². The number of alkyl halides is 2. The average Bonchev–Trinajstić information content (AvgIpc) is 1.99. The summed E-state index contributed by atoms with van der Waals surface area (Å²) >= 11 is 0. The molecular weight excluding hydrogens is 212 g/mol. The molecule has 0 radical (unpaired) electrons. The van der Waals surface area contributed by atoms with Gasteiger partial charge in [-0.2, -0.15) is 8.78 Å². The van der Waals surface area contributed by atoms with Gasteiger partial charge in [0.2, 0.25) is 5.78 Å². The monoisotopic (exact) mass is 220 g/mol. The fraction of sp³-hybridized carbons (Fsp3) is 0.300. The molecule has 0 atom stereocenters. The van der Waals surface area contributed by atoms with Crippen LogP contribution in [0.2, 0.25) is 0 Å². The molecule has 0 aliphatic heterocycles. The zero-order valence-corrected chi connectivity index (χ0v) is 8.07. The molecule has 0 aliphatic rings. The molecule has 82 valence electrons. The summed E-state index contributed by atoms with van der Waals surface area (Å²) in [5, 5.41) is 0. The van der Waals surface area contributed by atoms with Crippen molar-refractivity contribution in [3.05, 3.63) is 34.9 Å². The summed E-state index contributed by atoms with van der Waals surface area (Å²) in [5.74, 6) is -8.16. The van der Waals surface area contributed by atoms with Crippen molar-refractivity contribution in [3.63, 3.8) is 0 Å². The Morgan fingerprint density at radius 1 is 1.20 bits per heavy atom. The van der Waals surface area contributed by atoms with Crippen molar-refractivity contribution >= 4 is 5.78 Å². The van der Waals surface area contributed by atoms with Gasteiger partial charge in [-0.1, -0.05) is 0 Å². The Morgan fingerprint density at radius 2 is 1.60 bits per heavy atom. The van der Waals surface area contributed by atoms with E-state index >= 15 is 0 Å². The highest BCUT2D eigenvalue weighted by Crippen LogP contribution is 2.24. The van der Waals surface area contributed by atoms with Gasteiger partial charge in [0.15, 0.2) is 0 Å². The van der Waals surface area contributed by atoms with Gasteiger partial charge in [-0.25, -0.2) is 8.78 Å². The van der Waals surface area contributed by atoms with Crippen LogP contribution in [0.5, 0.6) is 0 Å². The topological polar surface area (TPSA) is 17.1 Å². The fourth-order valence-corrected chi connectivity index (χ4v) is 1.14. The van der Waals surface area contributed by atoms with Crippen LogP contribution in [0.25, 0.3) is 0 Å². The van der Waals surface area contributed by atoms with E-state index in [1.165, 1.54) is 6.92 Å². The van der Waals surface area contributed by atoms with E-state index in [0.717, 1.165) is 12.1 Å². The molecule has 15 heavy (non-hydrogen) atoms. The minimum Gasteiger partial charge on any atom is -0.287 e. The first-order valence-corrected chi connectivity index (χ1v) is 4.11. The van der Waals surface area contributed by atoms with Gasteiger partial charge in [-0.05, 0) is 24.6 Å². The third kappa shape index (κ3) is 2.34. The minimum absolute atomic E-state index is 0.223. The quantitative estimate of drug-likeness (QED) is 0.552. The number of halogens is 4. The second-order valence-electron chi connectivity index (χ2n) is 3.32. The van der Waals surface area contributed by atoms with E-state index in [9.17, 15) is 22.4 Å². The molecule has 1 aromatic carbocycles.